The van der Waals surface area contributed by atoms with E-state index in [2.05, 4.69) is 48.6 Å². The van der Waals surface area contributed by atoms with Gasteiger partial charge >= 0.3 is 0 Å². The maximum absolute atomic E-state index is 5.45. The molecule has 0 saturated heterocycles. The number of hydrogen-bond donors (Lipinski definition) is 0. The van der Waals surface area contributed by atoms with Gasteiger partial charge in [0, 0.05) is 0 Å². The second kappa shape index (κ2) is 3.95. The molecule has 0 atom stereocenters. The molecule has 0 aliphatic rings. The molecule has 0 heterocycles. The molecule has 1 aromatic carbocycles. The van der Waals surface area contributed by atoms with E-state index in [4.69, 9.17) is 4.74 Å². The quantitative estimate of drug-likeness (QED) is 0.588. The van der Waals surface area contributed by atoms with E-state index in [1.807, 2.05) is 6.07 Å². The van der Waals surface area contributed by atoms with Crippen LogP contribution in [0.5, 0.6) is 5.75 Å². The van der Waals surface area contributed by atoms with E-state index in [0.717, 1.165) is 5.75 Å². The van der Waals surface area contributed by atoms with Crippen LogP contribution in [0.4, 0.5) is 0 Å². The standard InChI is InChI=1S/C9H11IO/c1-7-4-3-5-8(2)9(7)11-6-10/h3-5H,6H2,1-2H3. The smallest absolute Gasteiger partial charge is 0.139 e. The summed E-state index contributed by atoms with van der Waals surface area (Å²) >= 11 is 2.20. The highest BCUT2D eigenvalue weighted by atomic mass is 127. The van der Waals surface area contributed by atoms with Crippen molar-refractivity contribution in [2.75, 3.05) is 4.61 Å². The van der Waals surface area contributed by atoms with Gasteiger partial charge < -0.3 is 4.74 Å². The second-order valence-electron chi connectivity index (χ2n) is 2.47. The van der Waals surface area contributed by atoms with Crippen LogP contribution in [-0.4, -0.2) is 4.61 Å². The second-order valence-corrected chi connectivity index (χ2v) is 3.10. The van der Waals surface area contributed by atoms with Gasteiger partial charge in [0.15, 0.2) is 0 Å². The molecule has 0 radical (unpaired) electrons. The average molecular weight is 262 g/mol. The van der Waals surface area contributed by atoms with Crippen LogP contribution in [0.3, 0.4) is 0 Å². The summed E-state index contributed by atoms with van der Waals surface area (Å²) in [6.45, 7) is 4.13. The number of alkyl halides is 1. The Kier molecular flexibility index (Phi) is 3.17. The zero-order valence-corrected chi connectivity index (χ0v) is 8.88. The van der Waals surface area contributed by atoms with Gasteiger partial charge in [-0.15, -0.1) is 0 Å². The number of halogens is 1. The van der Waals surface area contributed by atoms with Crippen molar-refractivity contribution in [1.29, 1.82) is 0 Å². The summed E-state index contributed by atoms with van der Waals surface area (Å²) in [5.41, 5.74) is 2.42. The molecule has 0 bridgehead atoms. The fourth-order valence-corrected chi connectivity index (χ4v) is 1.39. The van der Waals surface area contributed by atoms with Crippen molar-refractivity contribution in [2.45, 2.75) is 13.8 Å². The molecule has 0 saturated carbocycles. The zero-order valence-electron chi connectivity index (χ0n) is 6.73. The number of ether oxygens (including phenoxy) is 1. The van der Waals surface area contributed by atoms with Gasteiger partial charge in [0.2, 0.25) is 0 Å². The highest BCUT2D eigenvalue weighted by Gasteiger charge is 2.00. The van der Waals surface area contributed by atoms with Crippen molar-refractivity contribution in [3.05, 3.63) is 29.3 Å². The van der Waals surface area contributed by atoms with Crippen LogP contribution in [0.15, 0.2) is 18.2 Å². The van der Waals surface area contributed by atoms with Crippen LogP contribution in [-0.2, 0) is 0 Å². The van der Waals surface area contributed by atoms with Crippen molar-refractivity contribution in [2.24, 2.45) is 0 Å². The summed E-state index contributed by atoms with van der Waals surface area (Å²) in [5, 5.41) is 0. The van der Waals surface area contributed by atoms with E-state index in [-0.39, 0.29) is 0 Å². The molecule has 0 spiro atoms. The zero-order chi connectivity index (χ0) is 8.27. The molecule has 60 valence electrons. The lowest BCUT2D eigenvalue weighted by molar-refractivity contribution is 0.398. The van der Waals surface area contributed by atoms with Crippen molar-refractivity contribution in [3.63, 3.8) is 0 Å². The third kappa shape index (κ3) is 2.09. The molecular weight excluding hydrogens is 251 g/mol. The summed E-state index contributed by atoms with van der Waals surface area (Å²) in [6, 6.07) is 6.17. The van der Waals surface area contributed by atoms with Crippen LogP contribution in [0.1, 0.15) is 11.1 Å². The normalized spacial score (nSPS) is 9.73. The Morgan fingerprint density at radius 3 is 2.27 bits per heavy atom. The van der Waals surface area contributed by atoms with E-state index in [9.17, 15) is 0 Å². The number of rotatable bonds is 2. The minimum atomic E-state index is 0.712. The SMILES string of the molecule is Cc1cccc(C)c1OCI. The highest BCUT2D eigenvalue weighted by molar-refractivity contribution is 14.1. The number of aryl methyl sites for hydroxylation is 2. The molecule has 0 fully saturated rings. The van der Waals surface area contributed by atoms with Gasteiger partial charge in [-0.25, -0.2) is 0 Å². The summed E-state index contributed by atoms with van der Waals surface area (Å²) in [4.78, 5) is 0. The molecule has 0 amide bonds. The van der Waals surface area contributed by atoms with Gasteiger partial charge in [0.05, 0.1) is 0 Å². The monoisotopic (exact) mass is 262 g/mol. The van der Waals surface area contributed by atoms with Gasteiger partial charge in [-0.05, 0) is 47.6 Å². The number of benzene rings is 1. The molecule has 0 aliphatic heterocycles. The Balaban J connectivity index is 3.00. The van der Waals surface area contributed by atoms with Crippen molar-refractivity contribution in [3.8, 4) is 5.75 Å². The molecule has 1 aromatic rings. The first-order valence-electron chi connectivity index (χ1n) is 3.50. The van der Waals surface area contributed by atoms with Gasteiger partial charge in [-0.3, -0.25) is 0 Å². The molecule has 1 rings (SSSR count). The predicted octanol–water partition coefficient (Wildman–Crippen LogP) is 3.07. The summed E-state index contributed by atoms with van der Waals surface area (Å²) in [6.07, 6.45) is 0. The third-order valence-electron chi connectivity index (χ3n) is 1.61. The Labute approximate surface area is 80.9 Å². The van der Waals surface area contributed by atoms with Crippen LogP contribution in [0.2, 0.25) is 0 Å². The fraction of sp³-hybridized carbons (Fsp3) is 0.333. The lowest BCUT2D eigenvalue weighted by atomic mass is 10.1. The average Bonchev–Trinajstić information content (AvgIpc) is 1.97. The minimum absolute atomic E-state index is 0.712. The molecule has 0 aliphatic carbocycles. The summed E-state index contributed by atoms with van der Waals surface area (Å²) < 4.78 is 6.17. The van der Waals surface area contributed by atoms with Crippen molar-refractivity contribution < 1.29 is 4.74 Å². The maximum Gasteiger partial charge on any atom is 0.139 e. The first kappa shape index (κ1) is 8.84. The number of hydrogen-bond acceptors (Lipinski definition) is 1. The van der Waals surface area contributed by atoms with Gasteiger partial charge in [0.25, 0.3) is 0 Å². The molecule has 0 unspecified atom stereocenters. The molecule has 0 N–H and O–H groups in total. The molecule has 0 aromatic heterocycles. The number of para-hydroxylation sites is 1. The van der Waals surface area contributed by atoms with Gasteiger partial charge in [-0.1, -0.05) is 18.2 Å². The molecule has 1 nitrogen and oxygen atoms in total. The van der Waals surface area contributed by atoms with Crippen molar-refractivity contribution >= 4 is 22.6 Å². The van der Waals surface area contributed by atoms with E-state index >= 15 is 0 Å². The largest absolute Gasteiger partial charge is 0.483 e. The van der Waals surface area contributed by atoms with Crippen LogP contribution in [0, 0.1) is 13.8 Å². The third-order valence-corrected chi connectivity index (χ3v) is 1.92. The van der Waals surface area contributed by atoms with E-state index in [1.54, 1.807) is 0 Å². The van der Waals surface area contributed by atoms with Crippen LogP contribution < -0.4 is 4.74 Å². The van der Waals surface area contributed by atoms with E-state index in [1.165, 1.54) is 11.1 Å². The predicted molar refractivity (Wildman–Crippen MR) is 55.4 cm³/mol. The summed E-state index contributed by atoms with van der Waals surface area (Å²) in [7, 11) is 0. The van der Waals surface area contributed by atoms with Crippen LogP contribution in [0.25, 0.3) is 0 Å². The molecule has 2 heteroatoms. The van der Waals surface area contributed by atoms with Gasteiger partial charge in [-0.2, -0.15) is 0 Å². The molecular formula is C9H11IO. The Morgan fingerprint density at radius 1 is 1.27 bits per heavy atom. The lowest BCUT2D eigenvalue weighted by Crippen LogP contribution is -1.93. The first-order valence-corrected chi connectivity index (χ1v) is 5.03. The Hall–Kier alpha value is -0.250. The van der Waals surface area contributed by atoms with Crippen LogP contribution >= 0.6 is 22.6 Å². The highest BCUT2D eigenvalue weighted by Crippen LogP contribution is 2.22. The fourth-order valence-electron chi connectivity index (χ4n) is 1.08. The maximum atomic E-state index is 5.45. The van der Waals surface area contributed by atoms with E-state index in [0.29, 0.717) is 4.61 Å². The van der Waals surface area contributed by atoms with Crippen molar-refractivity contribution in [1.82, 2.24) is 0 Å². The lowest BCUT2D eigenvalue weighted by Gasteiger charge is -2.08. The Morgan fingerprint density at radius 2 is 1.82 bits per heavy atom. The topological polar surface area (TPSA) is 9.23 Å². The van der Waals surface area contributed by atoms with Gasteiger partial charge in [0.1, 0.15) is 10.4 Å². The minimum Gasteiger partial charge on any atom is -0.483 e. The first-order chi connectivity index (χ1) is 5.25. The van der Waals surface area contributed by atoms with E-state index < -0.39 is 0 Å². The summed E-state index contributed by atoms with van der Waals surface area (Å²) in [5.74, 6) is 1.03. The molecule has 11 heavy (non-hydrogen) atoms. The Bertz CT molecular complexity index is 225.